The summed E-state index contributed by atoms with van der Waals surface area (Å²) in [5.74, 6) is -0.109. The minimum atomic E-state index is -0.427. The number of anilines is 3. The second kappa shape index (κ2) is 6.34. The highest BCUT2D eigenvalue weighted by Gasteiger charge is 2.20. The molecule has 0 unspecified atom stereocenters. The van der Waals surface area contributed by atoms with E-state index >= 15 is 0 Å². The molecule has 1 aromatic carbocycles. The average molecular weight is 292 g/mol. The zero-order valence-corrected chi connectivity index (χ0v) is 12.0. The highest BCUT2D eigenvalue weighted by molar-refractivity contribution is 5.97. The molecule has 21 heavy (non-hydrogen) atoms. The van der Waals surface area contributed by atoms with Gasteiger partial charge in [0.05, 0.1) is 23.6 Å². The molecule has 0 fully saturated rings. The van der Waals surface area contributed by atoms with E-state index in [9.17, 15) is 9.59 Å². The lowest BCUT2D eigenvalue weighted by Crippen LogP contribution is -2.35. The van der Waals surface area contributed by atoms with Crippen molar-refractivity contribution in [1.82, 2.24) is 0 Å². The van der Waals surface area contributed by atoms with E-state index in [1.54, 1.807) is 12.1 Å². The van der Waals surface area contributed by atoms with Gasteiger partial charge in [0, 0.05) is 12.6 Å². The fraction of sp³-hybridized carbons (Fsp3) is 0.429. The molecule has 0 bridgehead atoms. The minimum Gasteiger partial charge on any atom is -0.482 e. The summed E-state index contributed by atoms with van der Waals surface area (Å²) in [6, 6.07) is 3.38. The molecule has 0 aromatic heterocycles. The number of unbranched alkanes of at least 4 members (excludes halogenated alkanes) is 1. The van der Waals surface area contributed by atoms with Crippen LogP contribution in [-0.2, 0) is 9.59 Å². The zero-order chi connectivity index (χ0) is 15.4. The van der Waals surface area contributed by atoms with Gasteiger partial charge in [-0.1, -0.05) is 13.3 Å². The number of carbonyl (C=O) groups excluding carboxylic acids is 2. The summed E-state index contributed by atoms with van der Waals surface area (Å²) < 4.78 is 5.31. The molecule has 114 valence electrons. The number of nitrogen functional groups attached to an aromatic ring is 1. The fourth-order valence-electron chi connectivity index (χ4n) is 2.23. The Morgan fingerprint density at radius 2 is 2.24 bits per heavy atom. The summed E-state index contributed by atoms with van der Waals surface area (Å²) in [6.07, 6.45) is 1.90. The van der Waals surface area contributed by atoms with Gasteiger partial charge in [-0.2, -0.15) is 0 Å². The monoisotopic (exact) mass is 292 g/mol. The molecule has 0 atom stereocenters. The van der Waals surface area contributed by atoms with Crippen LogP contribution in [0, 0.1) is 0 Å². The van der Waals surface area contributed by atoms with Gasteiger partial charge in [-0.15, -0.1) is 0 Å². The van der Waals surface area contributed by atoms with Gasteiger partial charge in [0.1, 0.15) is 5.75 Å². The number of benzene rings is 1. The van der Waals surface area contributed by atoms with Crippen molar-refractivity contribution in [2.45, 2.75) is 19.8 Å². The quantitative estimate of drug-likeness (QED) is 0.668. The summed E-state index contributed by atoms with van der Waals surface area (Å²) in [5.41, 5.74) is 13.1. The largest absolute Gasteiger partial charge is 0.482 e. The Balaban J connectivity index is 2.32. The van der Waals surface area contributed by atoms with Crippen LogP contribution in [0.2, 0.25) is 0 Å². The number of carbonyl (C=O) groups is 2. The summed E-state index contributed by atoms with van der Waals surface area (Å²) in [7, 11) is 0. The first kappa shape index (κ1) is 15.0. The van der Waals surface area contributed by atoms with Crippen LogP contribution >= 0.6 is 0 Å². The lowest BCUT2D eigenvalue weighted by molar-refractivity contribution is -0.119. The summed E-state index contributed by atoms with van der Waals surface area (Å²) in [6.45, 7) is 2.79. The molecule has 1 aliphatic heterocycles. The van der Waals surface area contributed by atoms with Crippen LogP contribution in [0.5, 0.6) is 5.75 Å². The van der Waals surface area contributed by atoms with E-state index in [-0.39, 0.29) is 19.1 Å². The Labute approximate surface area is 123 Å². The van der Waals surface area contributed by atoms with Gasteiger partial charge in [0.25, 0.3) is 5.91 Å². The summed E-state index contributed by atoms with van der Waals surface area (Å²) in [4.78, 5) is 24.5. The lowest BCUT2D eigenvalue weighted by Gasteiger charge is -2.27. The number of nitrogens with two attached hydrogens (primary N) is 2. The second-order valence-corrected chi connectivity index (χ2v) is 4.99. The van der Waals surface area contributed by atoms with Gasteiger partial charge >= 0.3 is 0 Å². The Morgan fingerprint density at radius 1 is 1.48 bits per heavy atom. The number of fused-ring (bicyclic) bond motifs is 1. The van der Waals surface area contributed by atoms with Crippen LogP contribution < -0.4 is 26.4 Å². The molecular formula is C14H20N4O3. The number of nitrogens with one attached hydrogen (secondary N) is 1. The highest BCUT2D eigenvalue weighted by Crippen LogP contribution is 2.37. The molecule has 7 heteroatoms. The Bertz CT molecular complexity index is 559. The molecule has 1 aliphatic rings. The van der Waals surface area contributed by atoms with Gasteiger partial charge in [-0.3, -0.25) is 9.59 Å². The number of nitrogens with zero attached hydrogens (tertiary/aromatic N) is 1. The number of hydrogen-bond acceptors (Lipinski definition) is 5. The highest BCUT2D eigenvalue weighted by atomic mass is 16.5. The van der Waals surface area contributed by atoms with Gasteiger partial charge in [-0.05, 0) is 12.5 Å². The van der Waals surface area contributed by atoms with Crippen molar-refractivity contribution in [3.63, 3.8) is 0 Å². The second-order valence-electron chi connectivity index (χ2n) is 4.99. The van der Waals surface area contributed by atoms with E-state index in [2.05, 4.69) is 12.2 Å². The first-order chi connectivity index (χ1) is 10.0. The van der Waals surface area contributed by atoms with Crippen LogP contribution in [0.1, 0.15) is 19.8 Å². The predicted molar refractivity (Wildman–Crippen MR) is 81.3 cm³/mol. The van der Waals surface area contributed by atoms with Gasteiger partial charge < -0.3 is 26.4 Å². The van der Waals surface area contributed by atoms with E-state index in [0.29, 0.717) is 29.4 Å². The van der Waals surface area contributed by atoms with Crippen LogP contribution in [0.25, 0.3) is 0 Å². The van der Waals surface area contributed by atoms with Crippen molar-refractivity contribution in [2.24, 2.45) is 5.73 Å². The van der Waals surface area contributed by atoms with Crippen molar-refractivity contribution in [3.05, 3.63) is 12.1 Å². The molecule has 0 spiro atoms. The van der Waals surface area contributed by atoms with Gasteiger partial charge in [0.15, 0.2) is 6.61 Å². The minimum absolute atomic E-state index is 0.0212. The zero-order valence-electron chi connectivity index (χ0n) is 12.0. The molecule has 1 aromatic rings. The molecule has 2 rings (SSSR count). The van der Waals surface area contributed by atoms with Crippen molar-refractivity contribution in [2.75, 3.05) is 35.6 Å². The van der Waals surface area contributed by atoms with Crippen LogP contribution in [0.15, 0.2) is 12.1 Å². The first-order valence-electron chi connectivity index (χ1n) is 6.90. The normalized spacial score (nSPS) is 13.1. The predicted octanol–water partition coefficient (Wildman–Crippen LogP) is 0.692. The fourth-order valence-corrected chi connectivity index (χ4v) is 2.23. The number of hydrogen-bond donors (Lipinski definition) is 3. The standard InChI is InChI=1S/C14H20N4O3/c1-2-3-4-18(7-13(16)19)11-6-10-12(5-9(11)15)21-8-14(20)17-10/h5-6H,2-4,7-8,15H2,1H3,(H2,16,19)(H,17,20). The molecule has 2 amide bonds. The van der Waals surface area contributed by atoms with E-state index in [1.807, 2.05) is 4.90 Å². The maximum Gasteiger partial charge on any atom is 0.262 e. The molecule has 7 nitrogen and oxygen atoms in total. The third-order valence-electron chi connectivity index (χ3n) is 3.23. The first-order valence-corrected chi connectivity index (χ1v) is 6.90. The third kappa shape index (κ3) is 3.56. The van der Waals surface area contributed by atoms with E-state index < -0.39 is 5.91 Å². The van der Waals surface area contributed by atoms with E-state index in [4.69, 9.17) is 16.2 Å². The SMILES string of the molecule is CCCCN(CC(N)=O)c1cc2c(cc1N)OCC(=O)N2. The number of rotatable bonds is 6. The summed E-state index contributed by atoms with van der Waals surface area (Å²) in [5, 5.41) is 2.73. The smallest absolute Gasteiger partial charge is 0.262 e. The molecule has 1 heterocycles. The lowest BCUT2D eigenvalue weighted by atomic mass is 10.1. The topological polar surface area (TPSA) is 111 Å². The average Bonchev–Trinajstić information content (AvgIpc) is 2.43. The van der Waals surface area contributed by atoms with Crippen molar-refractivity contribution >= 4 is 28.9 Å². The number of primary amides is 1. The molecular weight excluding hydrogens is 272 g/mol. The van der Waals surface area contributed by atoms with Gasteiger partial charge in [-0.25, -0.2) is 0 Å². The van der Waals surface area contributed by atoms with E-state index in [0.717, 1.165) is 12.8 Å². The van der Waals surface area contributed by atoms with Crippen LogP contribution in [0.3, 0.4) is 0 Å². The molecule has 0 saturated heterocycles. The molecule has 0 aliphatic carbocycles. The van der Waals surface area contributed by atoms with Crippen molar-refractivity contribution in [3.8, 4) is 5.75 Å². The van der Waals surface area contributed by atoms with Crippen molar-refractivity contribution < 1.29 is 14.3 Å². The Kier molecular flexibility index (Phi) is 4.52. The molecule has 0 radical (unpaired) electrons. The summed E-state index contributed by atoms with van der Waals surface area (Å²) >= 11 is 0. The number of ether oxygens (including phenoxy) is 1. The molecule has 0 saturated carbocycles. The van der Waals surface area contributed by atoms with E-state index in [1.165, 1.54) is 0 Å². The maximum absolute atomic E-state index is 11.4. The van der Waals surface area contributed by atoms with Crippen LogP contribution in [-0.4, -0.2) is 31.5 Å². The molecule has 5 N–H and O–H groups in total. The van der Waals surface area contributed by atoms with Gasteiger partial charge in [0.2, 0.25) is 5.91 Å². The maximum atomic E-state index is 11.4. The number of amides is 2. The Morgan fingerprint density at radius 3 is 2.90 bits per heavy atom. The van der Waals surface area contributed by atoms with Crippen LogP contribution in [0.4, 0.5) is 17.1 Å². The third-order valence-corrected chi connectivity index (χ3v) is 3.23. The Hall–Kier alpha value is -2.44. The van der Waals surface area contributed by atoms with Crippen molar-refractivity contribution in [1.29, 1.82) is 0 Å².